The van der Waals surface area contributed by atoms with Gasteiger partial charge < -0.3 is 4.90 Å². The average Bonchev–Trinajstić information content (AvgIpc) is 2.89. The summed E-state index contributed by atoms with van der Waals surface area (Å²) in [5, 5.41) is 0.885. The molecule has 4 aromatic rings. The summed E-state index contributed by atoms with van der Waals surface area (Å²) in [4.78, 5) is 27.1. The molecule has 2 aromatic heterocycles. The minimum Gasteiger partial charge on any atom is -0.336 e. The molecule has 1 aliphatic heterocycles. The van der Waals surface area contributed by atoms with Crippen molar-refractivity contribution >= 4 is 22.9 Å². The first-order valence-corrected chi connectivity index (χ1v) is 11.3. The van der Waals surface area contributed by atoms with Crippen LogP contribution in [0.5, 0.6) is 0 Å². The normalized spacial score (nSPS) is 14.7. The Hall–Kier alpha value is -3.83. The number of nitrogens with zero attached hydrogens (tertiary/aromatic N) is 4. The molecule has 0 spiro atoms. The Labute approximate surface area is 194 Å². The third kappa shape index (κ3) is 4.83. The molecule has 5 nitrogen and oxygen atoms in total. The van der Waals surface area contributed by atoms with Crippen molar-refractivity contribution in [2.75, 3.05) is 32.7 Å². The van der Waals surface area contributed by atoms with Crippen LogP contribution in [0.4, 0.5) is 0 Å². The number of aromatic nitrogens is 2. The van der Waals surface area contributed by atoms with E-state index in [2.05, 4.69) is 34.2 Å². The third-order valence-corrected chi connectivity index (χ3v) is 6.01. The van der Waals surface area contributed by atoms with Crippen LogP contribution in [0.1, 0.15) is 15.9 Å². The van der Waals surface area contributed by atoms with E-state index in [1.54, 1.807) is 6.20 Å². The van der Waals surface area contributed by atoms with E-state index < -0.39 is 0 Å². The van der Waals surface area contributed by atoms with E-state index in [0.29, 0.717) is 18.7 Å². The maximum atomic E-state index is 13.5. The first kappa shape index (κ1) is 21.0. The second kappa shape index (κ2) is 9.76. The highest BCUT2D eigenvalue weighted by Gasteiger charge is 2.24. The monoisotopic (exact) mass is 434 g/mol. The maximum absolute atomic E-state index is 13.5. The van der Waals surface area contributed by atoms with Crippen molar-refractivity contribution in [1.29, 1.82) is 0 Å². The summed E-state index contributed by atoms with van der Waals surface area (Å²) in [5.74, 6) is 0.0604. The van der Waals surface area contributed by atoms with Crippen molar-refractivity contribution < 1.29 is 4.79 Å². The number of hydrogen-bond donors (Lipinski definition) is 0. The second-order valence-electron chi connectivity index (χ2n) is 8.19. The molecule has 1 fully saturated rings. The van der Waals surface area contributed by atoms with E-state index in [0.717, 1.165) is 41.9 Å². The molecule has 164 valence electrons. The predicted octanol–water partition coefficient (Wildman–Crippen LogP) is 4.77. The van der Waals surface area contributed by atoms with E-state index in [4.69, 9.17) is 4.98 Å². The average molecular weight is 435 g/mol. The van der Waals surface area contributed by atoms with Gasteiger partial charge in [0.25, 0.3) is 5.91 Å². The van der Waals surface area contributed by atoms with Crippen LogP contribution in [0.2, 0.25) is 0 Å². The Kier molecular flexibility index (Phi) is 6.22. The molecule has 0 saturated carbocycles. The molecule has 5 rings (SSSR count). The molecule has 1 amide bonds. The summed E-state index contributed by atoms with van der Waals surface area (Å²) in [6.45, 7) is 4.04. The van der Waals surface area contributed by atoms with E-state index >= 15 is 0 Å². The van der Waals surface area contributed by atoms with Crippen LogP contribution in [0.25, 0.3) is 28.4 Å². The topological polar surface area (TPSA) is 49.3 Å². The van der Waals surface area contributed by atoms with Crippen LogP contribution < -0.4 is 0 Å². The van der Waals surface area contributed by atoms with Gasteiger partial charge in [0.05, 0.1) is 22.5 Å². The number of rotatable bonds is 5. The van der Waals surface area contributed by atoms with Crippen LogP contribution in [0.3, 0.4) is 0 Å². The van der Waals surface area contributed by atoms with Crippen LogP contribution >= 0.6 is 0 Å². The van der Waals surface area contributed by atoms with Gasteiger partial charge in [-0.3, -0.25) is 14.7 Å². The van der Waals surface area contributed by atoms with Crippen LogP contribution in [-0.2, 0) is 0 Å². The largest absolute Gasteiger partial charge is 0.336 e. The van der Waals surface area contributed by atoms with Gasteiger partial charge in [0.1, 0.15) is 0 Å². The first-order valence-electron chi connectivity index (χ1n) is 11.3. The van der Waals surface area contributed by atoms with Crippen LogP contribution in [0.15, 0.2) is 91.1 Å². The Morgan fingerprint density at radius 1 is 0.848 bits per heavy atom. The van der Waals surface area contributed by atoms with E-state index in [1.165, 1.54) is 5.56 Å². The van der Waals surface area contributed by atoms with Gasteiger partial charge in [-0.05, 0) is 29.8 Å². The molecule has 0 radical (unpaired) electrons. The van der Waals surface area contributed by atoms with Crippen molar-refractivity contribution in [3.05, 3.63) is 102 Å². The molecule has 1 aliphatic rings. The molecule has 1 saturated heterocycles. The van der Waals surface area contributed by atoms with E-state index in [9.17, 15) is 4.79 Å². The summed E-state index contributed by atoms with van der Waals surface area (Å²) in [7, 11) is 0. The number of benzene rings is 2. The molecule has 0 atom stereocenters. The summed E-state index contributed by atoms with van der Waals surface area (Å²) in [6, 6.07) is 25.8. The minimum absolute atomic E-state index is 0.0604. The first-order chi connectivity index (χ1) is 16.3. The summed E-state index contributed by atoms with van der Waals surface area (Å²) in [5.41, 5.74) is 4.21. The number of piperazine rings is 1. The number of hydrogen-bond acceptors (Lipinski definition) is 4. The van der Waals surface area contributed by atoms with Gasteiger partial charge in [0.15, 0.2) is 0 Å². The standard InChI is InChI=1S/C28H26N4O/c33-28(32-19-17-31(18-20-32)16-8-11-22-9-2-1-3-10-22)24-21-27(26-14-6-7-15-29-26)30-25-13-5-4-12-23(24)25/h1-15,21H,16-20H2. The minimum atomic E-state index is 0.0604. The number of para-hydroxylation sites is 1. The lowest BCUT2D eigenvalue weighted by Gasteiger charge is -2.34. The smallest absolute Gasteiger partial charge is 0.254 e. The highest BCUT2D eigenvalue weighted by Crippen LogP contribution is 2.25. The molecule has 0 aliphatic carbocycles. The highest BCUT2D eigenvalue weighted by atomic mass is 16.2. The van der Waals surface area contributed by atoms with Gasteiger partial charge in [-0.25, -0.2) is 4.98 Å². The lowest BCUT2D eigenvalue weighted by Crippen LogP contribution is -2.48. The van der Waals surface area contributed by atoms with Crippen molar-refractivity contribution in [3.8, 4) is 11.4 Å². The van der Waals surface area contributed by atoms with Gasteiger partial charge in [0, 0.05) is 44.3 Å². The SMILES string of the molecule is O=C(c1cc(-c2ccccn2)nc2ccccc12)N1CCN(CC=Cc2ccccc2)CC1. The second-order valence-corrected chi connectivity index (χ2v) is 8.19. The molecule has 0 bridgehead atoms. The molecule has 2 aromatic carbocycles. The molecule has 5 heteroatoms. The molecule has 0 N–H and O–H groups in total. The Bertz CT molecular complexity index is 1260. The quantitative estimate of drug-likeness (QED) is 0.454. The van der Waals surface area contributed by atoms with Crippen molar-refractivity contribution in [1.82, 2.24) is 19.8 Å². The fourth-order valence-corrected chi connectivity index (χ4v) is 4.20. The lowest BCUT2D eigenvalue weighted by molar-refractivity contribution is 0.0652. The van der Waals surface area contributed by atoms with Crippen molar-refractivity contribution in [3.63, 3.8) is 0 Å². The zero-order chi connectivity index (χ0) is 22.5. The predicted molar refractivity (Wildman–Crippen MR) is 133 cm³/mol. The number of carbonyl (C=O) groups excluding carboxylic acids is 1. The fourth-order valence-electron chi connectivity index (χ4n) is 4.20. The highest BCUT2D eigenvalue weighted by molar-refractivity contribution is 6.07. The Morgan fingerprint density at radius 3 is 2.39 bits per heavy atom. The van der Waals surface area contributed by atoms with E-state index in [1.807, 2.05) is 71.6 Å². The summed E-state index contributed by atoms with van der Waals surface area (Å²) in [6.07, 6.45) is 6.10. The lowest BCUT2D eigenvalue weighted by atomic mass is 10.0. The molecule has 33 heavy (non-hydrogen) atoms. The van der Waals surface area contributed by atoms with Crippen LogP contribution in [0, 0.1) is 0 Å². The Morgan fingerprint density at radius 2 is 1.61 bits per heavy atom. The zero-order valence-electron chi connectivity index (χ0n) is 18.5. The molecular formula is C28H26N4O. The van der Waals surface area contributed by atoms with Crippen molar-refractivity contribution in [2.45, 2.75) is 0 Å². The van der Waals surface area contributed by atoms with Gasteiger partial charge >= 0.3 is 0 Å². The Balaban J connectivity index is 1.31. The number of fused-ring (bicyclic) bond motifs is 1. The number of pyridine rings is 2. The third-order valence-electron chi connectivity index (χ3n) is 6.01. The summed E-state index contributed by atoms with van der Waals surface area (Å²) < 4.78 is 0. The van der Waals surface area contributed by atoms with Gasteiger partial charge in [-0.1, -0.05) is 66.7 Å². The maximum Gasteiger partial charge on any atom is 0.254 e. The number of carbonyl (C=O) groups is 1. The molecule has 0 unspecified atom stereocenters. The van der Waals surface area contributed by atoms with Crippen LogP contribution in [-0.4, -0.2) is 58.4 Å². The van der Waals surface area contributed by atoms with Gasteiger partial charge in [-0.2, -0.15) is 0 Å². The zero-order valence-corrected chi connectivity index (χ0v) is 18.5. The summed E-state index contributed by atoms with van der Waals surface area (Å²) >= 11 is 0. The van der Waals surface area contributed by atoms with Gasteiger partial charge in [-0.15, -0.1) is 0 Å². The van der Waals surface area contributed by atoms with Gasteiger partial charge in [0.2, 0.25) is 0 Å². The fraction of sp³-hybridized carbons (Fsp3) is 0.179. The van der Waals surface area contributed by atoms with Crippen molar-refractivity contribution in [2.24, 2.45) is 0 Å². The molecular weight excluding hydrogens is 408 g/mol. The number of amides is 1. The van der Waals surface area contributed by atoms with E-state index in [-0.39, 0.29) is 5.91 Å². The molecule has 3 heterocycles.